The third kappa shape index (κ3) is 6.19. The van der Waals surface area contributed by atoms with Gasteiger partial charge in [-0.3, -0.25) is 9.48 Å². The van der Waals surface area contributed by atoms with E-state index in [1.165, 1.54) is 0 Å². The van der Waals surface area contributed by atoms with Gasteiger partial charge in [0.15, 0.2) is 11.5 Å². The summed E-state index contributed by atoms with van der Waals surface area (Å²) in [6, 6.07) is 7.68. The number of carbonyl (C=O) groups is 1. The molecule has 0 fully saturated rings. The summed E-state index contributed by atoms with van der Waals surface area (Å²) in [7, 11) is 3.50. The Morgan fingerprint density at radius 2 is 1.87 bits per heavy atom. The maximum Gasteiger partial charge on any atom is 0.249 e. The third-order valence-electron chi connectivity index (χ3n) is 4.64. The molecule has 0 saturated carbocycles. The smallest absolute Gasteiger partial charge is 0.249 e. The summed E-state index contributed by atoms with van der Waals surface area (Å²) in [4.78, 5) is 14.6. The molecule has 0 atom stereocenters. The van der Waals surface area contributed by atoms with Crippen LogP contribution >= 0.6 is 0 Å². The maximum atomic E-state index is 12.9. The fraction of sp³-hybridized carbons (Fsp3) is 0.524. The fourth-order valence-corrected chi connectivity index (χ4v) is 3.11. The zero-order valence-corrected chi connectivity index (χ0v) is 17.8. The van der Waals surface area contributed by atoms with Crippen molar-refractivity contribution >= 4 is 5.91 Å². The van der Waals surface area contributed by atoms with Crippen LogP contribution in [0.4, 0.5) is 0 Å². The van der Waals surface area contributed by atoms with Crippen molar-refractivity contribution in [1.82, 2.24) is 14.7 Å². The van der Waals surface area contributed by atoms with Crippen LogP contribution in [0.15, 0.2) is 24.3 Å². The highest BCUT2D eigenvalue weighted by molar-refractivity contribution is 5.77. The molecule has 0 N–H and O–H groups in total. The van der Waals surface area contributed by atoms with Crippen LogP contribution in [-0.4, -0.2) is 67.5 Å². The average Bonchev–Trinajstić information content (AvgIpc) is 3.31. The first kappa shape index (κ1) is 22.1. The zero-order chi connectivity index (χ0) is 21.3. The molecule has 1 aliphatic heterocycles. The monoisotopic (exact) mass is 419 g/mol. The van der Waals surface area contributed by atoms with Crippen molar-refractivity contribution in [2.45, 2.75) is 20.0 Å². The summed E-state index contributed by atoms with van der Waals surface area (Å²) in [6.07, 6.45) is 0. The first-order valence-corrected chi connectivity index (χ1v) is 9.87. The Bertz CT molecular complexity index is 838. The number of aryl methyl sites for hydroxylation is 2. The number of rotatable bonds is 12. The van der Waals surface area contributed by atoms with Crippen molar-refractivity contribution < 1.29 is 28.5 Å². The molecule has 0 spiro atoms. The Morgan fingerprint density at radius 1 is 1.10 bits per heavy atom. The summed E-state index contributed by atoms with van der Waals surface area (Å²) in [5, 5.41) is 4.37. The molecule has 9 heteroatoms. The molecule has 9 nitrogen and oxygen atoms in total. The topological polar surface area (TPSA) is 84.3 Å². The van der Waals surface area contributed by atoms with Gasteiger partial charge in [-0.25, -0.2) is 0 Å². The first-order chi connectivity index (χ1) is 14.6. The number of ether oxygens (including phenoxy) is 5. The van der Waals surface area contributed by atoms with E-state index in [1.807, 2.05) is 38.2 Å². The molecule has 1 aromatic heterocycles. The van der Waals surface area contributed by atoms with Crippen LogP contribution in [0.3, 0.4) is 0 Å². The Labute approximate surface area is 176 Å². The predicted octanol–water partition coefficient (Wildman–Crippen LogP) is 1.67. The summed E-state index contributed by atoms with van der Waals surface area (Å²) in [5.74, 6) is 1.31. The lowest BCUT2D eigenvalue weighted by atomic mass is 10.2. The number of fused-ring (bicyclic) bond motifs is 1. The molecule has 30 heavy (non-hydrogen) atoms. The number of nitrogens with zero attached hydrogens (tertiary/aromatic N) is 3. The normalized spacial score (nSPS) is 12.4. The third-order valence-corrected chi connectivity index (χ3v) is 4.64. The Morgan fingerprint density at radius 3 is 2.63 bits per heavy atom. The second kappa shape index (κ2) is 11.0. The molecule has 0 aliphatic carbocycles. The van der Waals surface area contributed by atoms with Crippen LogP contribution < -0.4 is 9.47 Å². The molecular weight excluding hydrogens is 390 g/mol. The van der Waals surface area contributed by atoms with Gasteiger partial charge in [-0.15, -0.1) is 0 Å². The van der Waals surface area contributed by atoms with Gasteiger partial charge in [0.2, 0.25) is 12.7 Å². The minimum atomic E-state index is -0.108. The summed E-state index contributed by atoms with van der Waals surface area (Å²) < 4.78 is 28.4. The van der Waals surface area contributed by atoms with E-state index in [0.717, 1.165) is 22.7 Å². The predicted molar refractivity (Wildman–Crippen MR) is 108 cm³/mol. The summed E-state index contributed by atoms with van der Waals surface area (Å²) in [5.41, 5.74) is 2.81. The average molecular weight is 419 g/mol. The highest BCUT2D eigenvalue weighted by atomic mass is 16.7. The van der Waals surface area contributed by atoms with Gasteiger partial charge in [0.25, 0.3) is 0 Å². The van der Waals surface area contributed by atoms with Gasteiger partial charge in [0, 0.05) is 20.7 Å². The van der Waals surface area contributed by atoms with Gasteiger partial charge in [-0.05, 0) is 30.7 Å². The van der Waals surface area contributed by atoms with Gasteiger partial charge in [-0.2, -0.15) is 5.10 Å². The van der Waals surface area contributed by atoms with E-state index < -0.39 is 0 Å². The highest BCUT2D eigenvalue weighted by Gasteiger charge is 2.19. The summed E-state index contributed by atoms with van der Waals surface area (Å²) >= 11 is 0. The molecule has 1 aliphatic rings. The number of carbonyl (C=O) groups excluding carboxylic acids is 1. The SMILES string of the molecule is COCCOCCOCC(=O)N(Cc1ccc2c(c1)OCO2)Cc1cc(C)nn1C. The van der Waals surface area contributed by atoms with E-state index in [2.05, 4.69) is 5.10 Å². The zero-order valence-electron chi connectivity index (χ0n) is 17.8. The second-order valence-corrected chi connectivity index (χ2v) is 7.00. The van der Waals surface area contributed by atoms with Gasteiger partial charge >= 0.3 is 0 Å². The van der Waals surface area contributed by atoms with Crippen molar-refractivity contribution in [2.75, 3.05) is 46.9 Å². The molecule has 2 heterocycles. The summed E-state index contributed by atoms with van der Waals surface area (Å²) in [6.45, 7) is 4.78. The van der Waals surface area contributed by atoms with Gasteiger partial charge in [0.1, 0.15) is 6.61 Å². The standard InChI is InChI=1S/C21H29N3O6/c1-16-10-18(23(2)22-16)13-24(21(25)14-28-9-8-27-7-6-26-3)12-17-4-5-19-20(11-17)30-15-29-19/h4-5,10-11H,6-9,12-15H2,1-3H3. The molecule has 0 unspecified atom stereocenters. The van der Waals surface area contributed by atoms with Crippen molar-refractivity contribution in [1.29, 1.82) is 0 Å². The lowest BCUT2D eigenvalue weighted by Crippen LogP contribution is -2.34. The fourth-order valence-electron chi connectivity index (χ4n) is 3.11. The highest BCUT2D eigenvalue weighted by Crippen LogP contribution is 2.32. The molecule has 3 rings (SSSR count). The lowest BCUT2D eigenvalue weighted by molar-refractivity contribution is -0.138. The van der Waals surface area contributed by atoms with E-state index >= 15 is 0 Å². The minimum Gasteiger partial charge on any atom is -0.454 e. The van der Waals surface area contributed by atoms with Crippen LogP contribution in [0.1, 0.15) is 17.0 Å². The molecular formula is C21H29N3O6. The van der Waals surface area contributed by atoms with Crippen molar-refractivity contribution in [2.24, 2.45) is 7.05 Å². The number of benzene rings is 1. The van der Waals surface area contributed by atoms with Crippen molar-refractivity contribution in [3.8, 4) is 11.5 Å². The van der Waals surface area contributed by atoms with Crippen LogP contribution in [-0.2, 0) is 39.1 Å². The number of hydrogen-bond donors (Lipinski definition) is 0. The van der Waals surface area contributed by atoms with E-state index in [-0.39, 0.29) is 19.3 Å². The van der Waals surface area contributed by atoms with Crippen molar-refractivity contribution in [3.63, 3.8) is 0 Å². The molecule has 0 bridgehead atoms. The molecule has 2 aromatic rings. The van der Waals surface area contributed by atoms with Crippen LogP contribution in [0.2, 0.25) is 0 Å². The van der Waals surface area contributed by atoms with Gasteiger partial charge in [-0.1, -0.05) is 6.07 Å². The number of hydrogen-bond acceptors (Lipinski definition) is 7. The Balaban J connectivity index is 1.60. The van der Waals surface area contributed by atoms with E-state index in [1.54, 1.807) is 16.7 Å². The number of amides is 1. The van der Waals surface area contributed by atoms with E-state index in [9.17, 15) is 4.79 Å². The maximum absolute atomic E-state index is 12.9. The molecule has 0 radical (unpaired) electrons. The molecule has 1 aromatic carbocycles. The van der Waals surface area contributed by atoms with Gasteiger partial charge in [0.05, 0.1) is 44.4 Å². The van der Waals surface area contributed by atoms with Gasteiger partial charge < -0.3 is 28.6 Å². The number of methoxy groups -OCH3 is 1. The van der Waals surface area contributed by atoms with Crippen LogP contribution in [0, 0.1) is 6.92 Å². The second-order valence-electron chi connectivity index (χ2n) is 7.00. The lowest BCUT2D eigenvalue weighted by Gasteiger charge is -2.23. The largest absolute Gasteiger partial charge is 0.454 e. The molecule has 0 saturated heterocycles. The quantitative estimate of drug-likeness (QED) is 0.484. The Hall–Kier alpha value is -2.62. The molecule has 164 valence electrons. The molecule has 1 amide bonds. The van der Waals surface area contributed by atoms with Crippen LogP contribution in [0.5, 0.6) is 11.5 Å². The van der Waals surface area contributed by atoms with E-state index in [4.69, 9.17) is 23.7 Å². The Kier molecular flexibility index (Phi) is 8.06. The van der Waals surface area contributed by atoms with E-state index in [0.29, 0.717) is 45.3 Å². The minimum absolute atomic E-state index is 0.0188. The first-order valence-electron chi connectivity index (χ1n) is 9.87. The van der Waals surface area contributed by atoms with Crippen molar-refractivity contribution in [3.05, 3.63) is 41.2 Å². The number of aromatic nitrogens is 2. The van der Waals surface area contributed by atoms with Crippen LogP contribution in [0.25, 0.3) is 0 Å².